The van der Waals surface area contributed by atoms with E-state index >= 15 is 0 Å². The average molecular weight is 295 g/mol. The van der Waals surface area contributed by atoms with Crippen LogP contribution in [0.5, 0.6) is 5.75 Å². The van der Waals surface area contributed by atoms with E-state index in [0.717, 1.165) is 25.3 Å². The van der Waals surface area contributed by atoms with Crippen LogP contribution in [0.2, 0.25) is 0 Å². The molecule has 0 bridgehead atoms. The molecule has 0 saturated heterocycles. The molecule has 0 heterocycles. The van der Waals surface area contributed by atoms with E-state index in [4.69, 9.17) is 14.2 Å². The molecular weight excluding hydrogens is 266 g/mol. The summed E-state index contributed by atoms with van der Waals surface area (Å²) in [6.07, 6.45) is 1.22. The van der Waals surface area contributed by atoms with Gasteiger partial charge in [-0.3, -0.25) is 0 Å². The van der Waals surface area contributed by atoms with Crippen LogP contribution in [0, 0.1) is 0 Å². The van der Waals surface area contributed by atoms with Gasteiger partial charge in [0, 0.05) is 19.8 Å². The molecule has 21 heavy (non-hydrogen) atoms. The largest absolute Gasteiger partial charge is 0.491 e. The molecule has 0 saturated carbocycles. The molecule has 0 aliphatic heterocycles. The van der Waals surface area contributed by atoms with Crippen molar-refractivity contribution >= 4 is 0 Å². The summed E-state index contributed by atoms with van der Waals surface area (Å²) in [5, 5.41) is 3.50. The Morgan fingerprint density at radius 3 is 2.33 bits per heavy atom. The molecular formula is C17H29NO3. The molecule has 0 aromatic heterocycles. The van der Waals surface area contributed by atoms with Crippen molar-refractivity contribution in [1.82, 2.24) is 5.32 Å². The third-order valence-corrected chi connectivity index (χ3v) is 3.10. The van der Waals surface area contributed by atoms with Crippen molar-refractivity contribution in [3.8, 4) is 5.75 Å². The maximum absolute atomic E-state index is 5.65. The van der Waals surface area contributed by atoms with Crippen LogP contribution >= 0.6 is 0 Å². The maximum Gasteiger partial charge on any atom is 0.119 e. The van der Waals surface area contributed by atoms with E-state index in [-0.39, 0.29) is 6.10 Å². The third kappa shape index (κ3) is 8.05. The molecule has 4 nitrogen and oxygen atoms in total. The van der Waals surface area contributed by atoms with Gasteiger partial charge in [-0.1, -0.05) is 12.1 Å². The van der Waals surface area contributed by atoms with Gasteiger partial charge in [0.1, 0.15) is 5.75 Å². The number of rotatable bonds is 11. The quantitative estimate of drug-likeness (QED) is 0.637. The van der Waals surface area contributed by atoms with Gasteiger partial charge in [-0.15, -0.1) is 0 Å². The minimum atomic E-state index is 0.213. The van der Waals surface area contributed by atoms with E-state index in [1.54, 1.807) is 7.11 Å². The lowest BCUT2D eigenvalue weighted by Crippen LogP contribution is -2.21. The minimum Gasteiger partial charge on any atom is -0.491 e. The first-order chi connectivity index (χ1) is 10.1. The third-order valence-electron chi connectivity index (χ3n) is 3.10. The van der Waals surface area contributed by atoms with E-state index in [1.165, 1.54) is 5.56 Å². The van der Waals surface area contributed by atoms with E-state index in [1.807, 2.05) is 26.0 Å². The van der Waals surface area contributed by atoms with Crippen LogP contribution in [0.1, 0.15) is 38.8 Å². The van der Waals surface area contributed by atoms with Crippen LogP contribution in [0.4, 0.5) is 0 Å². The van der Waals surface area contributed by atoms with Crippen molar-refractivity contribution in [3.05, 3.63) is 29.8 Å². The summed E-state index contributed by atoms with van der Waals surface area (Å²) < 4.78 is 16.0. The second-order valence-electron chi connectivity index (χ2n) is 5.37. The number of benzene rings is 1. The number of methoxy groups -OCH3 is 1. The standard InChI is InChI=1S/C17H29NO3/c1-14(2)21-17-8-6-16(7-9-17)15(3)18-10-5-11-20-13-12-19-4/h6-9,14-15,18H,5,10-13H2,1-4H3. The molecule has 0 aliphatic rings. The van der Waals surface area contributed by atoms with E-state index in [9.17, 15) is 0 Å². The minimum absolute atomic E-state index is 0.213. The van der Waals surface area contributed by atoms with Crippen molar-refractivity contribution in [2.45, 2.75) is 39.3 Å². The van der Waals surface area contributed by atoms with Gasteiger partial charge in [-0.05, 0) is 51.4 Å². The fourth-order valence-electron chi connectivity index (χ4n) is 1.96. The molecule has 120 valence electrons. The van der Waals surface area contributed by atoms with Gasteiger partial charge in [-0.2, -0.15) is 0 Å². The molecule has 4 heteroatoms. The Hall–Kier alpha value is -1.10. The zero-order valence-corrected chi connectivity index (χ0v) is 13.7. The van der Waals surface area contributed by atoms with Gasteiger partial charge in [0.2, 0.25) is 0 Å². The molecule has 0 amide bonds. The van der Waals surface area contributed by atoms with Gasteiger partial charge in [0.15, 0.2) is 0 Å². The molecule has 1 unspecified atom stereocenters. The van der Waals surface area contributed by atoms with Crippen LogP contribution in [-0.4, -0.2) is 39.6 Å². The first kappa shape index (κ1) is 18.0. The molecule has 0 fully saturated rings. The molecule has 0 aliphatic carbocycles. The molecule has 0 spiro atoms. The highest BCUT2D eigenvalue weighted by Gasteiger charge is 2.05. The van der Waals surface area contributed by atoms with Gasteiger partial charge in [0.05, 0.1) is 19.3 Å². The second kappa shape index (κ2) is 10.6. The number of nitrogens with one attached hydrogen (secondary N) is 1. The summed E-state index contributed by atoms with van der Waals surface area (Å²) in [5.41, 5.74) is 1.27. The molecule has 0 radical (unpaired) electrons. The van der Waals surface area contributed by atoms with Crippen molar-refractivity contribution < 1.29 is 14.2 Å². The van der Waals surface area contributed by atoms with Gasteiger partial charge in [0.25, 0.3) is 0 Å². The van der Waals surface area contributed by atoms with Gasteiger partial charge in [-0.25, -0.2) is 0 Å². The number of hydrogen-bond acceptors (Lipinski definition) is 4. The van der Waals surface area contributed by atoms with E-state index in [0.29, 0.717) is 19.3 Å². The Morgan fingerprint density at radius 1 is 1.00 bits per heavy atom. The van der Waals surface area contributed by atoms with Gasteiger partial charge < -0.3 is 19.5 Å². The van der Waals surface area contributed by atoms with Crippen LogP contribution in [0.25, 0.3) is 0 Å². The molecule has 1 N–H and O–H groups in total. The van der Waals surface area contributed by atoms with Crippen LogP contribution < -0.4 is 10.1 Å². The molecule has 1 atom stereocenters. The Bertz CT molecular complexity index is 365. The monoisotopic (exact) mass is 295 g/mol. The smallest absolute Gasteiger partial charge is 0.119 e. The first-order valence-electron chi connectivity index (χ1n) is 7.70. The van der Waals surface area contributed by atoms with Crippen molar-refractivity contribution in [2.75, 3.05) is 33.5 Å². The van der Waals surface area contributed by atoms with Crippen LogP contribution in [-0.2, 0) is 9.47 Å². The molecule has 1 aromatic rings. The number of hydrogen-bond donors (Lipinski definition) is 1. The SMILES string of the molecule is COCCOCCCNC(C)c1ccc(OC(C)C)cc1. The average Bonchev–Trinajstić information content (AvgIpc) is 2.46. The Morgan fingerprint density at radius 2 is 1.71 bits per heavy atom. The Balaban J connectivity index is 2.21. The number of ether oxygens (including phenoxy) is 3. The highest BCUT2D eigenvalue weighted by Crippen LogP contribution is 2.18. The van der Waals surface area contributed by atoms with E-state index < -0.39 is 0 Å². The molecule has 1 rings (SSSR count). The van der Waals surface area contributed by atoms with E-state index in [2.05, 4.69) is 24.4 Å². The summed E-state index contributed by atoms with van der Waals surface area (Å²) in [7, 11) is 1.68. The first-order valence-corrected chi connectivity index (χ1v) is 7.70. The van der Waals surface area contributed by atoms with Crippen LogP contribution in [0.3, 0.4) is 0 Å². The summed E-state index contributed by atoms with van der Waals surface area (Å²) in [6.45, 7) is 9.28. The highest BCUT2D eigenvalue weighted by atomic mass is 16.5. The predicted octanol–water partition coefficient (Wildman–Crippen LogP) is 3.18. The fraction of sp³-hybridized carbons (Fsp3) is 0.647. The van der Waals surface area contributed by atoms with Crippen molar-refractivity contribution in [2.24, 2.45) is 0 Å². The molecule has 1 aromatic carbocycles. The zero-order chi connectivity index (χ0) is 15.5. The summed E-state index contributed by atoms with van der Waals surface area (Å²) in [5.74, 6) is 0.924. The second-order valence-corrected chi connectivity index (χ2v) is 5.37. The summed E-state index contributed by atoms with van der Waals surface area (Å²) in [6, 6.07) is 8.62. The summed E-state index contributed by atoms with van der Waals surface area (Å²) in [4.78, 5) is 0. The van der Waals surface area contributed by atoms with Crippen molar-refractivity contribution in [1.29, 1.82) is 0 Å². The summed E-state index contributed by atoms with van der Waals surface area (Å²) >= 11 is 0. The highest BCUT2D eigenvalue weighted by molar-refractivity contribution is 5.29. The topological polar surface area (TPSA) is 39.7 Å². The van der Waals surface area contributed by atoms with Crippen molar-refractivity contribution in [3.63, 3.8) is 0 Å². The maximum atomic E-state index is 5.65. The Labute approximate surface area is 128 Å². The van der Waals surface area contributed by atoms with Crippen LogP contribution in [0.15, 0.2) is 24.3 Å². The lowest BCUT2D eigenvalue weighted by atomic mass is 10.1. The zero-order valence-electron chi connectivity index (χ0n) is 13.7. The lowest BCUT2D eigenvalue weighted by Gasteiger charge is -2.15. The van der Waals surface area contributed by atoms with Gasteiger partial charge >= 0.3 is 0 Å². The normalized spacial score (nSPS) is 12.6. The lowest BCUT2D eigenvalue weighted by molar-refractivity contribution is 0.0693. The Kier molecular flexibility index (Phi) is 9.06. The fourth-order valence-corrected chi connectivity index (χ4v) is 1.96. The predicted molar refractivity (Wildman–Crippen MR) is 85.9 cm³/mol.